The molecule has 2 rings (SSSR count). The molecule has 1 aliphatic heterocycles. The molecular weight excluding hydrogens is 264 g/mol. The number of phenolic OH excluding ortho intramolecular Hbond substituents is 1. The van der Waals surface area contributed by atoms with Gasteiger partial charge in [-0.25, -0.2) is 0 Å². The van der Waals surface area contributed by atoms with Crippen LogP contribution in [-0.4, -0.2) is 55.2 Å². The molecule has 0 bridgehead atoms. The molecule has 0 amide bonds. The highest BCUT2D eigenvalue weighted by molar-refractivity contribution is 5.39. The minimum Gasteiger partial charge on any atom is -0.507 e. The molecule has 1 aliphatic rings. The standard InChI is InChI=1S/C17H28N2O2/c1-4-9-21-16-6-5-15(17(20)10-16)13-19(3)12-14-7-8-18(2)11-14/h5-6,10,14,20H,4,7-9,11-13H2,1-3H3. The van der Waals surface area contributed by atoms with Gasteiger partial charge in [-0.3, -0.25) is 0 Å². The van der Waals surface area contributed by atoms with Gasteiger partial charge in [0.15, 0.2) is 0 Å². The smallest absolute Gasteiger partial charge is 0.123 e. The Morgan fingerprint density at radius 2 is 2.24 bits per heavy atom. The molecule has 1 aromatic rings. The van der Waals surface area contributed by atoms with E-state index in [1.165, 1.54) is 19.5 Å². The zero-order valence-electron chi connectivity index (χ0n) is 13.5. The van der Waals surface area contributed by atoms with E-state index in [4.69, 9.17) is 4.74 Å². The van der Waals surface area contributed by atoms with E-state index in [9.17, 15) is 5.11 Å². The van der Waals surface area contributed by atoms with Gasteiger partial charge in [0.2, 0.25) is 0 Å². The van der Waals surface area contributed by atoms with Gasteiger partial charge < -0.3 is 19.6 Å². The molecule has 0 aliphatic carbocycles. The number of aromatic hydroxyl groups is 1. The van der Waals surface area contributed by atoms with Gasteiger partial charge in [0.05, 0.1) is 6.61 Å². The van der Waals surface area contributed by atoms with E-state index in [0.717, 1.165) is 36.7 Å². The largest absolute Gasteiger partial charge is 0.507 e. The molecule has 4 heteroatoms. The Labute approximate surface area is 128 Å². The van der Waals surface area contributed by atoms with E-state index < -0.39 is 0 Å². The summed E-state index contributed by atoms with van der Waals surface area (Å²) in [7, 11) is 4.31. The topological polar surface area (TPSA) is 35.9 Å². The van der Waals surface area contributed by atoms with E-state index in [2.05, 4.69) is 30.8 Å². The number of rotatable bonds is 7. The van der Waals surface area contributed by atoms with Gasteiger partial charge >= 0.3 is 0 Å². The second-order valence-electron chi connectivity index (χ2n) is 6.25. The summed E-state index contributed by atoms with van der Waals surface area (Å²) in [4.78, 5) is 4.68. The van der Waals surface area contributed by atoms with Crippen LogP contribution in [0.5, 0.6) is 11.5 Å². The Hall–Kier alpha value is -1.26. The van der Waals surface area contributed by atoms with Crippen LogP contribution in [0.2, 0.25) is 0 Å². The van der Waals surface area contributed by atoms with E-state index in [1.54, 1.807) is 6.07 Å². The zero-order chi connectivity index (χ0) is 15.2. The van der Waals surface area contributed by atoms with E-state index in [0.29, 0.717) is 12.4 Å². The lowest BCUT2D eigenvalue weighted by Gasteiger charge is -2.21. The molecular formula is C17H28N2O2. The summed E-state index contributed by atoms with van der Waals surface area (Å²) >= 11 is 0. The van der Waals surface area contributed by atoms with Gasteiger partial charge in [0.25, 0.3) is 0 Å². The summed E-state index contributed by atoms with van der Waals surface area (Å²) in [5.74, 6) is 1.83. The van der Waals surface area contributed by atoms with Crippen molar-refractivity contribution >= 4 is 0 Å². The van der Waals surface area contributed by atoms with Crippen LogP contribution in [0.1, 0.15) is 25.3 Å². The Morgan fingerprint density at radius 1 is 1.43 bits per heavy atom. The van der Waals surface area contributed by atoms with Gasteiger partial charge in [-0.05, 0) is 45.5 Å². The maximum atomic E-state index is 10.1. The van der Waals surface area contributed by atoms with Crippen molar-refractivity contribution in [2.24, 2.45) is 5.92 Å². The summed E-state index contributed by atoms with van der Waals surface area (Å²) in [6.45, 7) is 7.00. The first-order chi connectivity index (χ1) is 10.1. The van der Waals surface area contributed by atoms with Crippen molar-refractivity contribution in [3.8, 4) is 11.5 Å². The molecule has 118 valence electrons. The van der Waals surface area contributed by atoms with Crippen LogP contribution >= 0.6 is 0 Å². The molecule has 1 unspecified atom stereocenters. The maximum Gasteiger partial charge on any atom is 0.123 e. The van der Waals surface area contributed by atoms with Crippen LogP contribution in [0, 0.1) is 5.92 Å². The fraction of sp³-hybridized carbons (Fsp3) is 0.647. The SMILES string of the molecule is CCCOc1ccc(CN(C)CC2CCN(C)C2)c(O)c1. The Balaban J connectivity index is 1.86. The summed E-state index contributed by atoms with van der Waals surface area (Å²) in [5.41, 5.74) is 0.965. The third-order valence-electron chi connectivity index (χ3n) is 4.03. The molecule has 0 spiro atoms. The average molecular weight is 292 g/mol. The van der Waals surface area contributed by atoms with Crippen LogP contribution in [-0.2, 0) is 6.54 Å². The quantitative estimate of drug-likeness (QED) is 0.838. The zero-order valence-corrected chi connectivity index (χ0v) is 13.5. The van der Waals surface area contributed by atoms with Gasteiger partial charge in [-0.15, -0.1) is 0 Å². The van der Waals surface area contributed by atoms with Crippen LogP contribution in [0.15, 0.2) is 18.2 Å². The fourth-order valence-electron chi connectivity index (χ4n) is 2.96. The van der Waals surface area contributed by atoms with Crippen LogP contribution in [0.4, 0.5) is 0 Å². The molecule has 4 nitrogen and oxygen atoms in total. The number of hydrogen-bond donors (Lipinski definition) is 1. The molecule has 0 saturated carbocycles. The highest BCUT2D eigenvalue weighted by Crippen LogP contribution is 2.25. The second-order valence-corrected chi connectivity index (χ2v) is 6.25. The highest BCUT2D eigenvalue weighted by Gasteiger charge is 2.21. The van der Waals surface area contributed by atoms with Crippen molar-refractivity contribution in [2.45, 2.75) is 26.3 Å². The normalized spacial score (nSPS) is 19.3. The Morgan fingerprint density at radius 3 is 2.86 bits per heavy atom. The Kier molecular flexibility index (Phi) is 5.88. The predicted molar refractivity (Wildman–Crippen MR) is 85.8 cm³/mol. The number of hydrogen-bond acceptors (Lipinski definition) is 4. The third kappa shape index (κ3) is 4.90. The van der Waals surface area contributed by atoms with Crippen molar-refractivity contribution in [3.63, 3.8) is 0 Å². The van der Waals surface area contributed by atoms with E-state index in [1.807, 2.05) is 12.1 Å². The summed E-state index contributed by atoms with van der Waals surface area (Å²) < 4.78 is 5.54. The monoisotopic (exact) mass is 292 g/mol. The molecule has 1 saturated heterocycles. The van der Waals surface area contributed by atoms with Crippen LogP contribution in [0.3, 0.4) is 0 Å². The molecule has 1 N–H and O–H groups in total. The minimum absolute atomic E-state index is 0.332. The lowest BCUT2D eigenvalue weighted by molar-refractivity contribution is 0.263. The molecule has 1 heterocycles. The second kappa shape index (κ2) is 7.66. The summed E-state index contributed by atoms with van der Waals surface area (Å²) in [6, 6.07) is 5.64. The van der Waals surface area contributed by atoms with Crippen molar-refractivity contribution in [1.29, 1.82) is 0 Å². The lowest BCUT2D eigenvalue weighted by atomic mass is 10.1. The van der Waals surface area contributed by atoms with Crippen molar-refractivity contribution in [2.75, 3.05) is 40.3 Å². The van der Waals surface area contributed by atoms with Crippen molar-refractivity contribution in [3.05, 3.63) is 23.8 Å². The third-order valence-corrected chi connectivity index (χ3v) is 4.03. The van der Waals surface area contributed by atoms with E-state index >= 15 is 0 Å². The molecule has 0 radical (unpaired) electrons. The number of nitrogens with zero attached hydrogens (tertiary/aromatic N) is 2. The number of likely N-dealkylation sites (tertiary alicyclic amines) is 1. The first-order valence-corrected chi connectivity index (χ1v) is 7.90. The first-order valence-electron chi connectivity index (χ1n) is 7.90. The molecule has 0 aromatic heterocycles. The summed E-state index contributed by atoms with van der Waals surface area (Å²) in [6.07, 6.45) is 2.25. The molecule has 1 aromatic carbocycles. The number of ether oxygens (including phenoxy) is 1. The Bertz CT molecular complexity index is 450. The van der Waals surface area contributed by atoms with Crippen LogP contribution in [0.25, 0.3) is 0 Å². The molecule has 1 fully saturated rings. The van der Waals surface area contributed by atoms with Gasteiger partial charge in [0.1, 0.15) is 11.5 Å². The highest BCUT2D eigenvalue weighted by atomic mass is 16.5. The van der Waals surface area contributed by atoms with Crippen molar-refractivity contribution in [1.82, 2.24) is 9.80 Å². The number of benzene rings is 1. The predicted octanol–water partition coefficient (Wildman–Crippen LogP) is 2.56. The fourth-order valence-corrected chi connectivity index (χ4v) is 2.96. The maximum absolute atomic E-state index is 10.1. The van der Waals surface area contributed by atoms with Gasteiger partial charge in [-0.1, -0.05) is 13.0 Å². The van der Waals surface area contributed by atoms with E-state index in [-0.39, 0.29) is 0 Å². The molecule has 1 atom stereocenters. The minimum atomic E-state index is 0.332. The van der Waals surface area contributed by atoms with Crippen LogP contribution < -0.4 is 4.74 Å². The van der Waals surface area contributed by atoms with Crippen molar-refractivity contribution < 1.29 is 9.84 Å². The molecule has 21 heavy (non-hydrogen) atoms. The van der Waals surface area contributed by atoms with Gasteiger partial charge in [0, 0.05) is 31.3 Å². The summed E-state index contributed by atoms with van der Waals surface area (Å²) in [5, 5.41) is 10.1. The lowest BCUT2D eigenvalue weighted by Crippen LogP contribution is -2.27. The number of phenols is 1. The first kappa shape index (κ1) is 16.1. The average Bonchev–Trinajstić information content (AvgIpc) is 2.84. The van der Waals surface area contributed by atoms with Gasteiger partial charge in [-0.2, -0.15) is 0 Å².